The molecule has 106 valence electrons. The number of nitrogens with zero attached hydrogens (tertiary/aromatic N) is 2. The highest BCUT2D eigenvalue weighted by Gasteiger charge is 2.16. The lowest BCUT2D eigenvalue weighted by atomic mass is 10.2. The van der Waals surface area contributed by atoms with E-state index in [2.05, 4.69) is 14.5 Å². The van der Waals surface area contributed by atoms with Crippen LogP contribution in [-0.4, -0.2) is 75.4 Å². The molecule has 0 atom stereocenters. The van der Waals surface area contributed by atoms with Crippen LogP contribution in [0, 0.1) is 0 Å². The summed E-state index contributed by atoms with van der Waals surface area (Å²) in [4.78, 5) is 15.8. The Morgan fingerprint density at radius 3 is 2.28 bits per heavy atom. The fourth-order valence-electron chi connectivity index (χ4n) is 2.12. The van der Waals surface area contributed by atoms with Crippen LogP contribution in [-0.2, 0) is 14.3 Å². The second-order valence-electron chi connectivity index (χ2n) is 4.56. The van der Waals surface area contributed by atoms with Gasteiger partial charge in [0.05, 0.1) is 13.5 Å². The van der Waals surface area contributed by atoms with Gasteiger partial charge in [0, 0.05) is 52.5 Å². The quantitative estimate of drug-likeness (QED) is 0.471. The van der Waals surface area contributed by atoms with Crippen LogP contribution in [0.2, 0.25) is 0 Å². The summed E-state index contributed by atoms with van der Waals surface area (Å²) < 4.78 is 9.98. The highest BCUT2D eigenvalue weighted by atomic mass is 16.5. The third kappa shape index (κ3) is 6.33. The maximum Gasteiger partial charge on any atom is 0.306 e. The monoisotopic (exact) mass is 258 g/mol. The van der Waals surface area contributed by atoms with E-state index in [9.17, 15) is 4.79 Å². The summed E-state index contributed by atoms with van der Waals surface area (Å²) in [6.45, 7) is 9.91. The fourth-order valence-corrected chi connectivity index (χ4v) is 2.12. The zero-order chi connectivity index (χ0) is 13.2. The molecular weight excluding hydrogens is 232 g/mol. The normalized spacial score (nSPS) is 17.9. The maximum absolute atomic E-state index is 11.0. The molecule has 0 bridgehead atoms. The fraction of sp³-hybridized carbons (Fsp3) is 0.923. The summed E-state index contributed by atoms with van der Waals surface area (Å²) in [6.07, 6.45) is 1.61. The van der Waals surface area contributed by atoms with Crippen molar-refractivity contribution in [1.29, 1.82) is 0 Å². The molecule has 0 unspecified atom stereocenters. The van der Waals surface area contributed by atoms with Crippen molar-refractivity contribution in [3.8, 4) is 0 Å². The van der Waals surface area contributed by atoms with Crippen LogP contribution in [0.5, 0.6) is 0 Å². The Hall–Kier alpha value is -0.650. The Balaban J connectivity index is 2.03. The molecule has 1 fully saturated rings. The van der Waals surface area contributed by atoms with Crippen molar-refractivity contribution in [3.05, 3.63) is 0 Å². The molecule has 0 saturated carbocycles. The van der Waals surface area contributed by atoms with E-state index in [-0.39, 0.29) is 5.97 Å². The summed E-state index contributed by atoms with van der Waals surface area (Å²) in [5.74, 6) is -0.117. The van der Waals surface area contributed by atoms with E-state index >= 15 is 0 Å². The molecule has 5 heteroatoms. The molecule has 1 aliphatic rings. The summed E-state index contributed by atoms with van der Waals surface area (Å²) in [7, 11) is 1.44. The number of piperazine rings is 1. The van der Waals surface area contributed by atoms with Crippen LogP contribution >= 0.6 is 0 Å². The third-order valence-electron chi connectivity index (χ3n) is 3.29. The van der Waals surface area contributed by atoms with Gasteiger partial charge in [0.2, 0.25) is 0 Å². The van der Waals surface area contributed by atoms with Gasteiger partial charge >= 0.3 is 5.97 Å². The van der Waals surface area contributed by atoms with E-state index < -0.39 is 0 Å². The molecule has 1 aliphatic heterocycles. The molecule has 1 heterocycles. The average Bonchev–Trinajstić information content (AvgIpc) is 2.42. The SMILES string of the molecule is CCOCCCN1CCN(CCC(=O)OC)CC1. The molecule has 0 aromatic heterocycles. The van der Waals surface area contributed by atoms with E-state index in [4.69, 9.17) is 4.74 Å². The van der Waals surface area contributed by atoms with Crippen molar-refractivity contribution in [3.63, 3.8) is 0 Å². The smallest absolute Gasteiger partial charge is 0.306 e. The molecule has 18 heavy (non-hydrogen) atoms. The van der Waals surface area contributed by atoms with Gasteiger partial charge in [-0.2, -0.15) is 0 Å². The lowest BCUT2D eigenvalue weighted by molar-refractivity contribution is -0.141. The topological polar surface area (TPSA) is 42.0 Å². The minimum atomic E-state index is -0.117. The first kappa shape index (κ1) is 15.4. The molecule has 0 aliphatic carbocycles. The lowest BCUT2D eigenvalue weighted by Gasteiger charge is -2.34. The molecule has 1 rings (SSSR count). The summed E-state index contributed by atoms with van der Waals surface area (Å²) >= 11 is 0. The number of ether oxygens (including phenoxy) is 2. The number of hydrogen-bond acceptors (Lipinski definition) is 5. The van der Waals surface area contributed by atoms with Crippen molar-refractivity contribution < 1.29 is 14.3 Å². The van der Waals surface area contributed by atoms with Crippen molar-refractivity contribution in [2.75, 3.05) is 59.6 Å². The summed E-state index contributed by atoms with van der Waals surface area (Å²) in [5, 5.41) is 0. The average molecular weight is 258 g/mol. The van der Waals surface area contributed by atoms with Gasteiger partial charge in [0.15, 0.2) is 0 Å². The summed E-state index contributed by atoms with van der Waals surface area (Å²) in [5.41, 5.74) is 0. The first-order valence-electron chi connectivity index (χ1n) is 6.85. The van der Waals surface area contributed by atoms with E-state index in [0.717, 1.165) is 58.9 Å². The predicted molar refractivity (Wildman–Crippen MR) is 70.6 cm³/mol. The molecule has 0 amide bonds. The highest BCUT2D eigenvalue weighted by molar-refractivity contribution is 5.69. The Labute approximate surface area is 110 Å². The molecular formula is C13H26N2O3. The van der Waals surface area contributed by atoms with Crippen LogP contribution in [0.25, 0.3) is 0 Å². The van der Waals surface area contributed by atoms with Crippen molar-refractivity contribution in [2.24, 2.45) is 0 Å². The van der Waals surface area contributed by atoms with Gasteiger partial charge < -0.3 is 19.3 Å². The first-order valence-corrected chi connectivity index (χ1v) is 6.85. The van der Waals surface area contributed by atoms with Gasteiger partial charge in [-0.15, -0.1) is 0 Å². The highest BCUT2D eigenvalue weighted by Crippen LogP contribution is 2.03. The first-order chi connectivity index (χ1) is 8.76. The van der Waals surface area contributed by atoms with Gasteiger partial charge in [-0.3, -0.25) is 4.79 Å². The van der Waals surface area contributed by atoms with E-state index in [1.54, 1.807) is 0 Å². The number of methoxy groups -OCH3 is 1. The Bertz CT molecular complexity index is 228. The van der Waals surface area contributed by atoms with E-state index in [1.807, 2.05) is 6.92 Å². The van der Waals surface area contributed by atoms with Gasteiger partial charge in [-0.1, -0.05) is 0 Å². The molecule has 0 aromatic carbocycles. The van der Waals surface area contributed by atoms with E-state index in [0.29, 0.717) is 6.42 Å². The number of esters is 1. The maximum atomic E-state index is 11.0. The number of hydrogen-bond donors (Lipinski definition) is 0. The van der Waals surface area contributed by atoms with Crippen LogP contribution in [0.15, 0.2) is 0 Å². The van der Waals surface area contributed by atoms with Gasteiger partial charge in [-0.25, -0.2) is 0 Å². The van der Waals surface area contributed by atoms with Gasteiger partial charge in [0.25, 0.3) is 0 Å². The standard InChI is InChI=1S/C13H26N2O3/c1-3-18-12-4-6-14-8-10-15(11-9-14)7-5-13(16)17-2/h3-12H2,1-2H3. The zero-order valence-electron chi connectivity index (χ0n) is 11.7. The van der Waals surface area contributed by atoms with Crippen LogP contribution in [0.1, 0.15) is 19.8 Å². The third-order valence-corrected chi connectivity index (χ3v) is 3.29. The Morgan fingerprint density at radius 2 is 1.72 bits per heavy atom. The molecule has 0 spiro atoms. The number of carbonyl (C=O) groups is 1. The molecule has 1 saturated heterocycles. The molecule has 5 nitrogen and oxygen atoms in total. The minimum Gasteiger partial charge on any atom is -0.469 e. The van der Waals surface area contributed by atoms with Gasteiger partial charge in [-0.05, 0) is 13.3 Å². The van der Waals surface area contributed by atoms with Crippen molar-refractivity contribution in [2.45, 2.75) is 19.8 Å². The van der Waals surface area contributed by atoms with Crippen molar-refractivity contribution in [1.82, 2.24) is 9.80 Å². The predicted octanol–water partition coefficient (Wildman–Crippen LogP) is 0.594. The number of rotatable bonds is 8. The molecule has 0 aromatic rings. The zero-order valence-corrected chi connectivity index (χ0v) is 11.7. The largest absolute Gasteiger partial charge is 0.469 e. The Morgan fingerprint density at radius 1 is 1.11 bits per heavy atom. The van der Waals surface area contributed by atoms with Gasteiger partial charge in [0.1, 0.15) is 0 Å². The Kier molecular flexibility index (Phi) is 7.96. The van der Waals surface area contributed by atoms with Crippen LogP contribution < -0.4 is 0 Å². The molecule has 0 radical (unpaired) electrons. The minimum absolute atomic E-state index is 0.117. The summed E-state index contributed by atoms with van der Waals surface area (Å²) in [6, 6.07) is 0. The second kappa shape index (κ2) is 9.30. The van der Waals surface area contributed by atoms with E-state index in [1.165, 1.54) is 7.11 Å². The van der Waals surface area contributed by atoms with Crippen LogP contribution in [0.4, 0.5) is 0 Å². The second-order valence-corrected chi connectivity index (χ2v) is 4.56. The van der Waals surface area contributed by atoms with Crippen molar-refractivity contribution >= 4 is 5.97 Å². The number of carbonyl (C=O) groups excluding carboxylic acids is 1. The van der Waals surface area contributed by atoms with Crippen LogP contribution in [0.3, 0.4) is 0 Å². The lowest BCUT2D eigenvalue weighted by Crippen LogP contribution is -2.47. The molecule has 0 N–H and O–H groups in total.